The molecule has 0 aliphatic carbocycles. The Morgan fingerprint density at radius 3 is 2.38 bits per heavy atom. The van der Waals surface area contributed by atoms with Gasteiger partial charge in [-0.1, -0.05) is 24.3 Å². The number of amides is 1. The van der Waals surface area contributed by atoms with E-state index in [1.54, 1.807) is 18.2 Å². The summed E-state index contributed by atoms with van der Waals surface area (Å²) in [6, 6.07) is 7.48. The Morgan fingerprint density at radius 2 is 1.88 bits per heavy atom. The van der Waals surface area contributed by atoms with Crippen molar-refractivity contribution in [2.75, 3.05) is 0 Å². The van der Waals surface area contributed by atoms with Gasteiger partial charge in [0, 0.05) is 0 Å². The van der Waals surface area contributed by atoms with Crippen LogP contribution in [0.25, 0.3) is 0 Å². The van der Waals surface area contributed by atoms with Crippen molar-refractivity contribution in [2.24, 2.45) is 0 Å². The molecule has 2 rings (SSSR count). The van der Waals surface area contributed by atoms with Gasteiger partial charge in [-0.25, -0.2) is 8.42 Å². The van der Waals surface area contributed by atoms with Crippen molar-refractivity contribution in [3.05, 3.63) is 43.0 Å². The maximum absolute atomic E-state index is 12.1. The number of β-lactam (4-membered cyclic amide) rings is 1. The SMILES string of the molecule is C=CC1NC(=O)C1S(=O)(=O)c1ccccc1. The zero-order chi connectivity index (χ0) is 11.8. The summed E-state index contributed by atoms with van der Waals surface area (Å²) >= 11 is 0. The Labute approximate surface area is 93.9 Å². The highest BCUT2D eigenvalue weighted by atomic mass is 32.2. The van der Waals surface area contributed by atoms with Gasteiger partial charge in [-0.2, -0.15) is 0 Å². The molecule has 2 atom stereocenters. The molecule has 84 valence electrons. The first-order valence-corrected chi connectivity index (χ1v) is 6.34. The molecule has 1 N–H and O–H groups in total. The number of carbonyl (C=O) groups excluding carboxylic acids is 1. The number of hydrogen-bond donors (Lipinski definition) is 1. The summed E-state index contributed by atoms with van der Waals surface area (Å²) in [5.74, 6) is -0.464. The van der Waals surface area contributed by atoms with Crippen LogP contribution < -0.4 is 5.32 Å². The first kappa shape index (κ1) is 10.9. The van der Waals surface area contributed by atoms with Gasteiger partial charge in [0.05, 0.1) is 10.9 Å². The molecule has 1 aromatic carbocycles. The molecule has 0 saturated carbocycles. The fourth-order valence-corrected chi connectivity index (χ4v) is 3.41. The van der Waals surface area contributed by atoms with E-state index in [-0.39, 0.29) is 4.90 Å². The van der Waals surface area contributed by atoms with E-state index in [1.165, 1.54) is 18.2 Å². The van der Waals surface area contributed by atoms with Crippen LogP contribution in [-0.2, 0) is 14.6 Å². The van der Waals surface area contributed by atoms with Crippen molar-refractivity contribution in [3.63, 3.8) is 0 Å². The minimum absolute atomic E-state index is 0.168. The van der Waals surface area contributed by atoms with Gasteiger partial charge in [0.1, 0.15) is 0 Å². The normalized spacial score (nSPS) is 24.4. The average Bonchev–Trinajstić information content (AvgIpc) is 2.26. The molecule has 1 fully saturated rings. The van der Waals surface area contributed by atoms with Gasteiger partial charge in [0.2, 0.25) is 5.91 Å². The van der Waals surface area contributed by atoms with E-state index in [0.717, 1.165) is 0 Å². The minimum atomic E-state index is -3.60. The van der Waals surface area contributed by atoms with Crippen molar-refractivity contribution in [1.29, 1.82) is 0 Å². The van der Waals surface area contributed by atoms with Crippen molar-refractivity contribution in [2.45, 2.75) is 16.2 Å². The molecule has 1 aromatic rings. The number of rotatable bonds is 3. The fraction of sp³-hybridized carbons (Fsp3) is 0.182. The summed E-state index contributed by atoms with van der Waals surface area (Å²) in [5, 5.41) is 1.45. The van der Waals surface area contributed by atoms with Gasteiger partial charge in [-0.05, 0) is 12.1 Å². The summed E-state index contributed by atoms with van der Waals surface area (Å²) < 4.78 is 24.2. The molecular weight excluding hydrogens is 226 g/mol. The smallest absolute Gasteiger partial charge is 0.241 e. The molecule has 0 bridgehead atoms. The first-order valence-electron chi connectivity index (χ1n) is 4.79. The van der Waals surface area contributed by atoms with E-state index in [0.29, 0.717) is 0 Å². The third-order valence-corrected chi connectivity index (χ3v) is 4.66. The van der Waals surface area contributed by atoms with Crippen LogP contribution in [0.3, 0.4) is 0 Å². The van der Waals surface area contributed by atoms with E-state index in [2.05, 4.69) is 11.9 Å². The Balaban J connectivity index is 2.40. The molecular formula is C11H11NO3S. The molecule has 2 unspecified atom stereocenters. The molecule has 0 aromatic heterocycles. The van der Waals surface area contributed by atoms with E-state index >= 15 is 0 Å². The quantitative estimate of drug-likeness (QED) is 0.615. The molecule has 1 heterocycles. The van der Waals surface area contributed by atoms with Gasteiger partial charge in [-0.15, -0.1) is 6.58 Å². The lowest BCUT2D eigenvalue weighted by Gasteiger charge is -2.33. The van der Waals surface area contributed by atoms with Crippen molar-refractivity contribution in [3.8, 4) is 0 Å². The second-order valence-corrected chi connectivity index (χ2v) is 5.62. The molecule has 5 heteroatoms. The third-order valence-electron chi connectivity index (χ3n) is 2.55. The lowest BCUT2D eigenvalue weighted by Crippen LogP contribution is -2.64. The maximum atomic E-state index is 12.1. The summed E-state index contributed by atoms with van der Waals surface area (Å²) in [7, 11) is -3.60. The molecule has 1 amide bonds. The Hall–Kier alpha value is -1.62. The zero-order valence-corrected chi connectivity index (χ0v) is 9.28. The van der Waals surface area contributed by atoms with Crippen LogP contribution in [0.5, 0.6) is 0 Å². The Kier molecular flexibility index (Phi) is 2.55. The lowest BCUT2D eigenvalue weighted by atomic mass is 10.1. The van der Waals surface area contributed by atoms with E-state index in [9.17, 15) is 13.2 Å². The van der Waals surface area contributed by atoms with Gasteiger partial charge >= 0.3 is 0 Å². The number of carbonyl (C=O) groups is 1. The van der Waals surface area contributed by atoms with Gasteiger partial charge < -0.3 is 5.32 Å². The van der Waals surface area contributed by atoms with E-state index in [1.807, 2.05) is 0 Å². The van der Waals surface area contributed by atoms with E-state index < -0.39 is 27.0 Å². The highest BCUT2D eigenvalue weighted by molar-refractivity contribution is 7.93. The lowest BCUT2D eigenvalue weighted by molar-refractivity contribution is -0.126. The molecule has 1 aliphatic heterocycles. The first-order chi connectivity index (χ1) is 7.57. The highest BCUT2D eigenvalue weighted by Gasteiger charge is 2.47. The Bertz CT molecular complexity index is 521. The second kappa shape index (κ2) is 3.75. The van der Waals surface area contributed by atoms with Gasteiger partial charge in [0.25, 0.3) is 0 Å². The van der Waals surface area contributed by atoms with Crippen molar-refractivity contribution >= 4 is 15.7 Å². The molecule has 4 nitrogen and oxygen atoms in total. The van der Waals surface area contributed by atoms with Crippen molar-refractivity contribution < 1.29 is 13.2 Å². The molecule has 0 spiro atoms. The molecule has 1 aliphatic rings. The predicted octanol–water partition coefficient (Wildman–Crippen LogP) is 0.513. The number of hydrogen-bond acceptors (Lipinski definition) is 3. The second-order valence-electron chi connectivity index (χ2n) is 3.55. The van der Waals surface area contributed by atoms with Crippen LogP contribution in [0.2, 0.25) is 0 Å². The van der Waals surface area contributed by atoms with Crippen LogP contribution >= 0.6 is 0 Å². The average molecular weight is 237 g/mol. The number of sulfone groups is 1. The zero-order valence-electron chi connectivity index (χ0n) is 8.46. The summed E-state index contributed by atoms with van der Waals surface area (Å²) in [5.41, 5.74) is 0. The molecule has 16 heavy (non-hydrogen) atoms. The topological polar surface area (TPSA) is 63.2 Å². The highest BCUT2D eigenvalue weighted by Crippen LogP contribution is 2.24. The molecule has 1 saturated heterocycles. The Morgan fingerprint density at radius 1 is 1.25 bits per heavy atom. The van der Waals surface area contributed by atoms with Gasteiger partial charge in [-0.3, -0.25) is 4.79 Å². The van der Waals surface area contributed by atoms with Crippen molar-refractivity contribution in [1.82, 2.24) is 5.32 Å². The summed E-state index contributed by atoms with van der Waals surface area (Å²) in [4.78, 5) is 11.5. The predicted molar refractivity (Wildman–Crippen MR) is 59.5 cm³/mol. The van der Waals surface area contributed by atoms with Gasteiger partial charge in [0.15, 0.2) is 15.1 Å². The molecule has 0 radical (unpaired) electrons. The monoisotopic (exact) mass is 237 g/mol. The standard InChI is InChI=1S/C11H11NO3S/c1-2-9-10(11(13)12-9)16(14,15)8-6-4-3-5-7-8/h2-7,9-10H,1H2,(H,12,13). The number of nitrogens with one attached hydrogen (secondary N) is 1. The third kappa shape index (κ3) is 1.53. The van der Waals surface area contributed by atoms with E-state index in [4.69, 9.17) is 0 Å². The largest absolute Gasteiger partial charge is 0.347 e. The number of benzene rings is 1. The van der Waals surface area contributed by atoms with Crippen LogP contribution in [-0.4, -0.2) is 25.6 Å². The minimum Gasteiger partial charge on any atom is -0.347 e. The summed E-state index contributed by atoms with van der Waals surface area (Å²) in [6.45, 7) is 3.50. The van der Waals surface area contributed by atoms with Crippen LogP contribution in [0.15, 0.2) is 47.9 Å². The summed E-state index contributed by atoms with van der Waals surface area (Å²) in [6.07, 6.45) is 1.44. The van der Waals surface area contributed by atoms with Crippen LogP contribution in [0.1, 0.15) is 0 Å². The van der Waals surface area contributed by atoms with Crippen LogP contribution in [0, 0.1) is 0 Å². The van der Waals surface area contributed by atoms with Crippen LogP contribution in [0.4, 0.5) is 0 Å². The maximum Gasteiger partial charge on any atom is 0.241 e. The fourth-order valence-electron chi connectivity index (χ4n) is 1.66.